The molecule has 2 nitrogen and oxygen atoms in total. The minimum Gasteiger partial charge on any atom is -0.264 e. The summed E-state index contributed by atoms with van der Waals surface area (Å²) in [6.45, 7) is 0. The summed E-state index contributed by atoms with van der Waals surface area (Å²) in [6, 6.07) is 10.4. The molecule has 0 saturated heterocycles. The van der Waals surface area contributed by atoms with Crippen LogP contribution in [0, 0.1) is 0 Å². The minimum absolute atomic E-state index is 0.915. The van der Waals surface area contributed by atoms with Gasteiger partial charge < -0.3 is 0 Å². The molecule has 1 aromatic heterocycles. The van der Waals surface area contributed by atoms with Gasteiger partial charge in [0, 0.05) is 30.0 Å². The fourth-order valence-corrected chi connectivity index (χ4v) is 2.52. The third kappa shape index (κ3) is 1.21. The Morgan fingerprint density at radius 2 is 2.00 bits per heavy atom. The van der Waals surface area contributed by atoms with Crippen LogP contribution in [0.3, 0.4) is 0 Å². The summed E-state index contributed by atoms with van der Waals surface area (Å²) < 4.78 is 0. The van der Waals surface area contributed by atoms with Gasteiger partial charge in [-0.1, -0.05) is 18.2 Å². The van der Waals surface area contributed by atoms with E-state index in [4.69, 9.17) is 4.99 Å². The number of rotatable bonds is 0. The Morgan fingerprint density at radius 3 is 3.00 bits per heavy atom. The molecule has 17 heavy (non-hydrogen) atoms. The van der Waals surface area contributed by atoms with Crippen molar-refractivity contribution in [3.8, 4) is 0 Å². The van der Waals surface area contributed by atoms with Crippen molar-refractivity contribution in [2.24, 2.45) is 4.99 Å². The van der Waals surface area contributed by atoms with Crippen molar-refractivity contribution in [1.82, 2.24) is 4.98 Å². The van der Waals surface area contributed by atoms with E-state index in [9.17, 15) is 0 Å². The van der Waals surface area contributed by atoms with Crippen molar-refractivity contribution in [3.63, 3.8) is 0 Å². The molecule has 2 aromatic rings. The topological polar surface area (TPSA) is 25.2 Å². The fraction of sp³-hybridized carbons (Fsp3) is 0.0667. The van der Waals surface area contributed by atoms with Crippen LogP contribution >= 0.6 is 0 Å². The van der Waals surface area contributed by atoms with Gasteiger partial charge in [-0.3, -0.25) is 9.98 Å². The Kier molecular flexibility index (Phi) is 1.64. The fourth-order valence-electron chi connectivity index (χ4n) is 2.52. The van der Waals surface area contributed by atoms with Gasteiger partial charge in [-0.05, 0) is 29.3 Å². The maximum absolute atomic E-state index is 4.70. The second kappa shape index (κ2) is 3.14. The van der Waals surface area contributed by atoms with E-state index in [0.717, 1.165) is 12.1 Å². The third-order valence-corrected chi connectivity index (χ3v) is 3.36. The Hall–Kier alpha value is -2.22. The standard InChI is InChI=1S/C15H10N2/c1-2-4-14-12(3-1)13-7-11-9-16-6-5-10(11)8-15(13)17-14/h1-7,9H,8H2. The highest BCUT2D eigenvalue weighted by Gasteiger charge is 2.24. The molecule has 0 unspecified atom stereocenters. The predicted octanol–water partition coefficient (Wildman–Crippen LogP) is 3.26. The van der Waals surface area contributed by atoms with E-state index in [1.165, 1.54) is 28.0 Å². The number of nitrogens with zero attached hydrogens (tertiary/aromatic N) is 2. The Morgan fingerprint density at radius 1 is 1.06 bits per heavy atom. The molecule has 1 aliphatic carbocycles. The normalized spacial score (nSPS) is 15.5. The number of aliphatic imine (C=N–C) groups is 1. The molecule has 4 rings (SSSR count). The van der Waals surface area contributed by atoms with Crippen molar-refractivity contribution >= 4 is 23.0 Å². The molecule has 80 valence electrons. The van der Waals surface area contributed by atoms with Crippen LogP contribution in [0.4, 0.5) is 5.69 Å². The Labute approximate surface area is 99.4 Å². The molecule has 1 aliphatic heterocycles. The highest BCUT2D eigenvalue weighted by Crippen LogP contribution is 2.39. The van der Waals surface area contributed by atoms with Gasteiger partial charge in [0.2, 0.25) is 0 Å². The van der Waals surface area contributed by atoms with Crippen LogP contribution in [0.1, 0.15) is 16.7 Å². The van der Waals surface area contributed by atoms with Gasteiger partial charge >= 0.3 is 0 Å². The smallest absolute Gasteiger partial charge is 0.0712 e. The molecule has 0 N–H and O–H groups in total. The van der Waals surface area contributed by atoms with Crippen LogP contribution in [0.15, 0.2) is 47.7 Å². The number of fused-ring (bicyclic) bond motifs is 4. The zero-order valence-corrected chi connectivity index (χ0v) is 9.22. The van der Waals surface area contributed by atoms with E-state index in [1.807, 2.05) is 18.5 Å². The monoisotopic (exact) mass is 218 g/mol. The van der Waals surface area contributed by atoms with Crippen molar-refractivity contribution < 1.29 is 0 Å². The SMILES string of the molecule is C1=C2C(=Nc3ccccc32)Cc2ccncc21. The maximum atomic E-state index is 4.70. The van der Waals surface area contributed by atoms with E-state index in [0.29, 0.717) is 0 Å². The second-order valence-corrected chi connectivity index (χ2v) is 4.38. The predicted molar refractivity (Wildman–Crippen MR) is 69.3 cm³/mol. The molecule has 2 aliphatic rings. The molecule has 2 heteroatoms. The van der Waals surface area contributed by atoms with Gasteiger partial charge in [-0.15, -0.1) is 0 Å². The number of benzene rings is 1. The van der Waals surface area contributed by atoms with Crippen molar-refractivity contribution in [2.45, 2.75) is 6.42 Å². The van der Waals surface area contributed by atoms with E-state index < -0.39 is 0 Å². The first-order chi connectivity index (χ1) is 8.42. The molecule has 0 radical (unpaired) electrons. The number of hydrogen-bond acceptors (Lipinski definition) is 2. The van der Waals surface area contributed by atoms with Crippen LogP contribution in [0.2, 0.25) is 0 Å². The zero-order chi connectivity index (χ0) is 11.2. The van der Waals surface area contributed by atoms with Crippen LogP contribution < -0.4 is 0 Å². The summed E-state index contributed by atoms with van der Waals surface area (Å²) in [4.78, 5) is 8.88. The molecule has 0 amide bonds. The van der Waals surface area contributed by atoms with Crippen LogP contribution in [-0.2, 0) is 6.42 Å². The Bertz CT molecular complexity index is 681. The Balaban J connectivity index is 1.97. The van der Waals surface area contributed by atoms with Crippen LogP contribution in [0.5, 0.6) is 0 Å². The average Bonchev–Trinajstić information content (AvgIpc) is 2.73. The third-order valence-electron chi connectivity index (χ3n) is 3.36. The quantitative estimate of drug-likeness (QED) is 0.666. The largest absolute Gasteiger partial charge is 0.264 e. The molecular weight excluding hydrogens is 208 g/mol. The highest BCUT2D eigenvalue weighted by atomic mass is 14.8. The molecule has 0 fully saturated rings. The first kappa shape index (κ1) is 8.88. The van der Waals surface area contributed by atoms with Crippen molar-refractivity contribution in [2.75, 3.05) is 0 Å². The number of aromatic nitrogens is 1. The summed E-state index contributed by atoms with van der Waals surface area (Å²) in [6.07, 6.45) is 6.90. The van der Waals surface area contributed by atoms with Gasteiger partial charge in [-0.2, -0.15) is 0 Å². The molecule has 2 heterocycles. The lowest BCUT2D eigenvalue weighted by Gasteiger charge is -2.14. The first-order valence-electron chi connectivity index (χ1n) is 5.74. The van der Waals surface area contributed by atoms with Gasteiger partial charge in [0.1, 0.15) is 0 Å². The van der Waals surface area contributed by atoms with Gasteiger partial charge in [0.25, 0.3) is 0 Å². The summed E-state index contributed by atoms with van der Waals surface area (Å²) in [5, 5.41) is 0. The first-order valence-corrected chi connectivity index (χ1v) is 5.74. The van der Waals surface area contributed by atoms with E-state index in [1.54, 1.807) is 0 Å². The number of para-hydroxylation sites is 1. The van der Waals surface area contributed by atoms with E-state index in [-0.39, 0.29) is 0 Å². The molecule has 0 spiro atoms. The number of pyridine rings is 1. The molecule has 0 bridgehead atoms. The second-order valence-electron chi connectivity index (χ2n) is 4.38. The summed E-state index contributed by atoms with van der Waals surface area (Å²) in [5.74, 6) is 0. The lowest BCUT2D eigenvalue weighted by molar-refractivity contribution is 1.22. The van der Waals surface area contributed by atoms with E-state index >= 15 is 0 Å². The summed E-state index contributed by atoms with van der Waals surface area (Å²) in [7, 11) is 0. The number of allylic oxidation sites excluding steroid dienone is 1. The summed E-state index contributed by atoms with van der Waals surface area (Å²) in [5.41, 5.74) is 7.32. The zero-order valence-electron chi connectivity index (χ0n) is 9.22. The van der Waals surface area contributed by atoms with Crippen LogP contribution in [0.25, 0.3) is 11.6 Å². The van der Waals surface area contributed by atoms with Gasteiger partial charge in [0.15, 0.2) is 0 Å². The molecule has 0 saturated carbocycles. The molecular formula is C15H10N2. The van der Waals surface area contributed by atoms with E-state index in [2.05, 4.69) is 35.3 Å². The molecule has 0 atom stereocenters. The average molecular weight is 218 g/mol. The van der Waals surface area contributed by atoms with Crippen LogP contribution in [-0.4, -0.2) is 10.7 Å². The van der Waals surface area contributed by atoms with Crippen molar-refractivity contribution in [1.29, 1.82) is 0 Å². The minimum atomic E-state index is 0.915. The maximum Gasteiger partial charge on any atom is 0.0712 e. The molecule has 1 aromatic carbocycles. The number of hydrogen-bond donors (Lipinski definition) is 0. The summed E-state index contributed by atoms with van der Waals surface area (Å²) >= 11 is 0. The highest BCUT2D eigenvalue weighted by molar-refractivity contribution is 6.34. The lowest BCUT2D eigenvalue weighted by atomic mass is 9.89. The lowest BCUT2D eigenvalue weighted by Crippen LogP contribution is -2.08. The van der Waals surface area contributed by atoms with Gasteiger partial charge in [0.05, 0.1) is 11.4 Å². The van der Waals surface area contributed by atoms with Crippen molar-refractivity contribution in [3.05, 3.63) is 59.4 Å². The van der Waals surface area contributed by atoms with Gasteiger partial charge in [-0.25, -0.2) is 0 Å².